The lowest BCUT2D eigenvalue weighted by Gasteiger charge is -2.16. The third-order valence-corrected chi connectivity index (χ3v) is 11.7. The lowest BCUT2D eigenvalue weighted by atomic mass is 10.1. The largest absolute Gasteiger partial charge is 0.456 e. The molecule has 0 aliphatic carbocycles. The highest BCUT2D eigenvalue weighted by Gasteiger charge is 2.24. The summed E-state index contributed by atoms with van der Waals surface area (Å²) in [4.78, 5) is 16.4. The maximum Gasteiger partial charge on any atom is 0.240 e. The van der Waals surface area contributed by atoms with Gasteiger partial charge in [-0.2, -0.15) is 15.0 Å². The molecule has 0 aliphatic heterocycles. The molecule has 5 aromatic heterocycles. The molecule has 0 bridgehead atoms. The first-order chi connectivity index (χ1) is 28.8. The molecule has 58 heavy (non-hydrogen) atoms. The summed E-state index contributed by atoms with van der Waals surface area (Å²) in [6.45, 7) is 0. The van der Waals surface area contributed by atoms with Crippen molar-refractivity contribution < 1.29 is 4.42 Å². The van der Waals surface area contributed by atoms with Gasteiger partial charge in [-0.05, 0) is 54.6 Å². The summed E-state index contributed by atoms with van der Waals surface area (Å²) in [6, 6.07) is 63.7. The second-order valence-corrected chi connectivity index (χ2v) is 14.8. The van der Waals surface area contributed by atoms with Crippen LogP contribution < -0.4 is 0 Å². The Morgan fingerprint density at radius 3 is 1.10 bits per heavy atom. The Kier molecular flexibility index (Phi) is 6.32. The van der Waals surface area contributed by atoms with Gasteiger partial charge >= 0.3 is 0 Å². The average molecular weight is 743 g/mol. The molecule has 0 saturated carbocycles. The summed E-state index contributed by atoms with van der Waals surface area (Å²) in [5.74, 6) is 1.58. The molecule has 8 aromatic carbocycles. The molecule has 13 rings (SSSR count). The van der Waals surface area contributed by atoms with Crippen molar-refractivity contribution in [1.82, 2.24) is 28.7 Å². The van der Waals surface area contributed by atoms with E-state index in [4.69, 9.17) is 19.4 Å². The van der Waals surface area contributed by atoms with Gasteiger partial charge in [-0.1, -0.05) is 127 Å². The molecular formula is C51H30N6O. The molecule has 0 amide bonds. The van der Waals surface area contributed by atoms with E-state index in [0.29, 0.717) is 17.7 Å². The van der Waals surface area contributed by atoms with Crippen LogP contribution in [-0.4, -0.2) is 28.7 Å². The molecule has 0 unspecified atom stereocenters. The maximum atomic E-state index is 6.61. The van der Waals surface area contributed by atoms with Gasteiger partial charge in [0.05, 0.1) is 38.8 Å². The lowest BCUT2D eigenvalue weighted by Crippen LogP contribution is -2.11. The Bertz CT molecular complexity index is 3530. The first-order valence-electron chi connectivity index (χ1n) is 19.5. The number of hydrogen-bond donors (Lipinski definition) is 0. The van der Waals surface area contributed by atoms with E-state index in [-0.39, 0.29) is 0 Å². The van der Waals surface area contributed by atoms with E-state index in [1.54, 1.807) is 0 Å². The van der Waals surface area contributed by atoms with Crippen molar-refractivity contribution in [3.05, 3.63) is 182 Å². The molecule has 0 saturated heterocycles. The highest BCUT2D eigenvalue weighted by Crippen LogP contribution is 2.41. The third kappa shape index (κ3) is 4.30. The minimum Gasteiger partial charge on any atom is -0.456 e. The van der Waals surface area contributed by atoms with Crippen molar-refractivity contribution in [3.63, 3.8) is 0 Å². The Labute approximate surface area is 330 Å². The summed E-state index contributed by atoms with van der Waals surface area (Å²) in [5.41, 5.74) is 9.62. The minimum atomic E-state index is 0.525. The number of benzene rings is 8. The van der Waals surface area contributed by atoms with E-state index in [0.717, 1.165) is 87.8 Å². The standard InChI is InChI=1S/C51H30N6O/c1-8-22-40-31(15-1)32-16-2-9-23-41(32)55(40)46-29-38-37-21-7-14-28-47(37)58-48(38)30-39(46)49-52-50(56-42-24-10-3-17-33(42)34-18-4-11-25-43(34)56)54-51(53-49)57-44-26-12-5-19-35(44)36-20-6-13-27-45(36)57/h1-30H. The smallest absolute Gasteiger partial charge is 0.240 e. The Morgan fingerprint density at radius 1 is 0.310 bits per heavy atom. The van der Waals surface area contributed by atoms with Crippen LogP contribution in [-0.2, 0) is 0 Å². The van der Waals surface area contributed by atoms with Gasteiger partial charge < -0.3 is 8.98 Å². The molecule has 5 heterocycles. The second kappa shape index (κ2) is 11.7. The Hall–Kier alpha value is -8.03. The monoisotopic (exact) mass is 742 g/mol. The zero-order chi connectivity index (χ0) is 37.9. The predicted molar refractivity (Wildman–Crippen MR) is 236 cm³/mol. The molecule has 7 nitrogen and oxygen atoms in total. The molecule has 13 aromatic rings. The SMILES string of the molecule is c1ccc2c(c1)oc1cc(-c3nc(-n4c5ccccc5c5ccccc54)nc(-n4c5ccccc5c5ccccc54)n3)c(-n3c4ccccc4c4ccccc43)cc12. The molecule has 0 atom stereocenters. The summed E-state index contributed by atoms with van der Waals surface area (Å²) in [6.07, 6.45) is 0. The molecule has 0 radical (unpaired) electrons. The van der Waals surface area contributed by atoms with E-state index < -0.39 is 0 Å². The quantitative estimate of drug-likeness (QED) is 0.180. The molecule has 0 fully saturated rings. The molecule has 0 aliphatic rings. The van der Waals surface area contributed by atoms with Crippen LogP contribution in [0.2, 0.25) is 0 Å². The molecule has 7 heteroatoms. The van der Waals surface area contributed by atoms with Gasteiger partial charge in [0, 0.05) is 48.7 Å². The fourth-order valence-corrected chi connectivity index (χ4v) is 9.26. The van der Waals surface area contributed by atoms with Gasteiger partial charge in [-0.15, -0.1) is 0 Å². The van der Waals surface area contributed by atoms with Gasteiger partial charge in [-0.25, -0.2) is 0 Å². The lowest BCUT2D eigenvalue weighted by molar-refractivity contribution is 0.669. The first kappa shape index (κ1) is 31.2. The van der Waals surface area contributed by atoms with Gasteiger partial charge in [0.25, 0.3) is 0 Å². The summed E-state index contributed by atoms with van der Waals surface area (Å²) in [7, 11) is 0. The first-order valence-corrected chi connectivity index (χ1v) is 19.5. The number of para-hydroxylation sites is 7. The number of aromatic nitrogens is 6. The van der Waals surface area contributed by atoms with Gasteiger partial charge in [0.1, 0.15) is 11.2 Å². The predicted octanol–water partition coefficient (Wildman–Crippen LogP) is 12.7. The highest BCUT2D eigenvalue weighted by atomic mass is 16.3. The summed E-state index contributed by atoms with van der Waals surface area (Å²) < 4.78 is 13.3. The zero-order valence-corrected chi connectivity index (χ0v) is 30.9. The second-order valence-electron chi connectivity index (χ2n) is 14.8. The van der Waals surface area contributed by atoms with Crippen LogP contribution in [0.4, 0.5) is 0 Å². The van der Waals surface area contributed by atoms with Crippen molar-refractivity contribution in [2.24, 2.45) is 0 Å². The van der Waals surface area contributed by atoms with Crippen molar-refractivity contribution in [3.8, 4) is 29.0 Å². The van der Waals surface area contributed by atoms with Crippen LogP contribution in [0.1, 0.15) is 0 Å². The van der Waals surface area contributed by atoms with E-state index in [1.807, 2.05) is 12.1 Å². The molecular weight excluding hydrogens is 713 g/mol. The van der Waals surface area contributed by atoms with Crippen molar-refractivity contribution in [2.75, 3.05) is 0 Å². The van der Waals surface area contributed by atoms with Gasteiger partial charge in [0.2, 0.25) is 11.9 Å². The average Bonchev–Trinajstić information content (AvgIpc) is 4.02. The molecule has 0 spiro atoms. The zero-order valence-electron chi connectivity index (χ0n) is 30.9. The molecule has 0 N–H and O–H groups in total. The van der Waals surface area contributed by atoms with E-state index in [2.05, 4.69) is 184 Å². The van der Waals surface area contributed by atoms with Gasteiger partial charge in [-0.3, -0.25) is 9.13 Å². The number of furan rings is 1. The number of rotatable bonds is 4. The van der Waals surface area contributed by atoms with Gasteiger partial charge in [0.15, 0.2) is 5.82 Å². The molecule has 270 valence electrons. The van der Waals surface area contributed by atoms with Crippen molar-refractivity contribution >= 4 is 87.4 Å². The van der Waals surface area contributed by atoms with Crippen LogP contribution in [0.25, 0.3) is 116 Å². The van der Waals surface area contributed by atoms with Crippen LogP contribution in [0.15, 0.2) is 186 Å². The van der Waals surface area contributed by atoms with E-state index in [9.17, 15) is 0 Å². The van der Waals surface area contributed by atoms with Crippen LogP contribution in [0.5, 0.6) is 0 Å². The number of fused-ring (bicyclic) bond motifs is 12. The topological polar surface area (TPSA) is 66.6 Å². The van der Waals surface area contributed by atoms with Crippen LogP contribution in [0.3, 0.4) is 0 Å². The third-order valence-electron chi connectivity index (χ3n) is 11.7. The summed E-state index contributed by atoms with van der Waals surface area (Å²) >= 11 is 0. The Balaban J connectivity index is 1.20. The number of nitrogens with zero attached hydrogens (tertiary/aromatic N) is 6. The van der Waals surface area contributed by atoms with E-state index >= 15 is 0 Å². The maximum absolute atomic E-state index is 6.61. The van der Waals surface area contributed by atoms with E-state index in [1.165, 1.54) is 10.8 Å². The highest BCUT2D eigenvalue weighted by molar-refractivity contribution is 6.13. The number of hydrogen-bond acceptors (Lipinski definition) is 4. The normalized spacial score (nSPS) is 12.1. The fraction of sp³-hybridized carbons (Fsp3) is 0. The van der Waals surface area contributed by atoms with Crippen LogP contribution in [0, 0.1) is 0 Å². The fourth-order valence-electron chi connectivity index (χ4n) is 9.26. The minimum absolute atomic E-state index is 0.525. The summed E-state index contributed by atoms with van der Waals surface area (Å²) in [5, 5.41) is 8.96. The van der Waals surface area contributed by atoms with Crippen LogP contribution >= 0.6 is 0 Å². The van der Waals surface area contributed by atoms with Crippen molar-refractivity contribution in [1.29, 1.82) is 0 Å². The van der Waals surface area contributed by atoms with Crippen molar-refractivity contribution in [2.45, 2.75) is 0 Å². The Morgan fingerprint density at radius 2 is 0.672 bits per heavy atom.